The third-order valence-electron chi connectivity index (χ3n) is 1.46. The number of aliphatic hydroxyl groups excluding tert-OH is 1. The zero-order valence-electron chi connectivity index (χ0n) is 6.79. The van der Waals surface area contributed by atoms with Crippen molar-refractivity contribution in [1.82, 2.24) is 4.72 Å². The molecule has 11 heavy (non-hydrogen) atoms. The molecule has 1 aliphatic rings. The minimum atomic E-state index is -0.601. The molecule has 3 nitrogen and oxygen atoms in total. The molecule has 1 heterocycles. The van der Waals surface area contributed by atoms with Crippen LogP contribution in [-0.4, -0.2) is 27.5 Å². The Balaban J connectivity index is 2.70. The third-order valence-corrected chi connectivity index (χ3v) is 3.21. The molecule has 0 aliphatic carbocycles. The van der Waals surface area contributed by atoms with Gasteiger partial charge in [0.25, 0.3) is 0 Å². The number of hydrogen-bond donors (Lipinski definition) is 2. The first-order chi connectivity index (χ1) is 5.06. The minimum absolute atomic E-state index is 0.223. The topological polar surface area (TPSA) is 44.6 Å². The molecule has 5 heteroatoms. The van der Waals surface area contributed by atoms with Crippen molar-refractivity contribution in [2.75, 3.05) is 6.26 Å². The molecule has 0 radical (unpaired) electrons. The first-order valence-electron chi connectivity index (χ1n) is 3.30. The summed E-state index contributed by atoms with van der Waals surface area (Å²) in [4.78, 5) is 4.06. The fourth-order valence-corrected chi connectivity index (χ4v) is 1.84. The van der Waals surface area contributed by atoms with Gasteiger partial charge >= 0.3 is 0 Å². The van der Waals surface area contributed by atoms with Gasteiger partial charge in [-0.3, -0.25) is 0 Å². The predicted molar refractivity (Wildman–Crippen MR) is 51.8 cm³/mol. The first kappa shape index (κ1) is 9.22. The summed E-state index contributed by atoms with van der Waals surface area (Å²) in [5.41, 5.74) is 0. The van der Waals surface area contributed by atoms with Crippen molar-refractivity contribution in [2.45, 2.75) is 24.8 Å². The Morgan fingerprint density at radius 2 is 2.36 bits per heavy atom. The molecule has 1 atom stereocenters. The molecule has 0 fully saturated rings. The van der Waals surface area contributed by atoms with Crippen LogP contribution in [0.25, 0.3) is 0 Å². The van der Waals surface area contributed by atoms with Gasteiger partial charge in [-0.15, -0.1) is 0 Å². The fourth-order valence-electron chi connectivity index (χ4n) is 0.615. The Bertz CT molecular complexity index is 181. The second kappa shape index (κ2) is 3.25. The van der Waals surface area contributed by atoms with Crippen LogP contribution in [0, 0.1) is 0 Å². The molecule has 1 aliphatic heterocycles. The maximum absolute atomic E-state index is 9.48. The van der Waals surface area contributed by atoms with Gasteiger partial charge in [0.05, 0.1) is 4.75 Å². The van der Waals surface area contributed by atoms with Crippen LogP contribution in [0.5, 0.6) is 0 Å². The molecule has 0 bridgehead atoms. The van der Waals surface area contributed by atoms with E-state index in [1.165, 1.54) is 23.7 Å². The van der Waals surface area contributed by atoms with Crippen LogP contribution in [0.4, 0.5) is 0 Å². The van der Waals surface area contributed by atoms with Crippen LogP contribution in [0.15, 0.2) is 4.99 Å². The summed E-state index contributed by atoms with van der Waals surface area (Å²) in [6.45, 7) is 3.91. The lowest BCUT2D eigenvalue weighted by atomic mass is 10.2. The quantitative estimate of drug-likeness (QED) is 0.563. The maximum atomic E-state index is 9.48. The van der Waals surface area contributed by atoms with E-state index in [2.05, 4.69) is 9.71 Å². The van der Waals surface area contributed by atoms with E-state index in [4.69, 9.17) is 0 Å². The van der Waals surface area contributed by atoms with Gasteiger partial charge in [0, 0.05) is 0 Å². The van der Waals surface area contributed by atoms with Crippen molar-refractivity contribution >= 4 is 28.9 Å². The number of aliphatic imine (C=N–C) groups is 1. The summed E-state index contributed by atoms with van der Waals surface area (Å²) < 4.78 is 2.84. The van der Waals surface area contributed by atoms with Gasteiger partial charge in [0.2, 0.25) is 0 Å². The van der Waals surface area contributed by atoms with Gasteiger partial charge in [-0.2, -0.15) is 0 Å². The molecule has 0 saturated heterocycles. The largest absolute Gasteiger partial charge is 0.370 e. The van der Waals surface area contributed by atoms with E-state index in [9.17, 15) is 5.11 Å². The Morgan fingerprint density at radius 3 is 2.82 bits per heavy atom. The second-order valence-electron chi connectivity index (χ2n) is 2.82. The molecule has 0 spiro atoms. The SMILES string of the molecule is CSC1=NC(O)C(C)(C)SN1. The van der Waals surface area contributed by atoms with Crippen LogP contribution < -0.4 is 4.72 Å². The zero-order chi connectivity index (χ0) is 8.48. The predicted octanol–water partition coefficient (Wildman–Crippen LogP) is 1.05. The molecule has 0 aromatic carbocycles. The van der Waals surface area contributed by atoms with Gasteiger partial charge in [-0.25, -0.2) is 4.99 Å². The molecular formula is C6H12N2OS2. The highest BCUT2D eigenvalue weighted by Gasteiger charge is 2.32. The van der Waals surface area contributed by atoms with Gasteiger partial charge in [0.1, 0.15) is 0 Å². The van der Waals surface area contributed by atoms with Gasteiger partial charge in [-0.05, 0) is 32.1 Å². The number of nitrogens with zero attached hydrogens (tertiary/aromatic N) is 1. The lowest BCUT2D eigenvalue weighted by Crippen LogP contribution is -2.40. The normalized spacial score (nSPS) is 29.1. The average molecular weight is 192 g/mol. The highest BCUT2D eigenvalue weighted by Crippen LogP contribution is 2.30. The maximum Gasteiger partial charge on any atom is 0.168 e. The summed E-state index contributed by atoms with van der Waals surface area (Å²) in [7, 11) is 0. The van der Waals surface area contributed by atoms with Crippen molar-refractivity contribution in [2.24, 2.45) is 4.99 Å². The van der Waals surface area contributed by atoms with E-state index in [-0.39, 0.29) is 4.75 Å². The van der Waals surface area contributed by atoms with E-state index >= 15 is 0 Å². The first-order valence-corrected chi connectivity index (χ1v) is 5.34. The smallest absolute Gasteiger partial charge is 0.168 e. The zero-order valence-corrected chi connectivity index (χ0v) is 8.42. The molecule has 0 aromatic heterocycles. The van der Waals surface area contributed by atoms with Crippen molar-refractivity contribution in [3.8, 4) is 0 Å². The highest BCUT2D eigenvalue weighted by molar-refractivity contribution is 8.15. The Labute approximate surface area is 75.2 Å². The lowest BCUT2D eigenvalue weighted by molar-refractivity contribution is 0.150. The molecule has 64 valence electrons. The van der Waals surface area contributed by atoms with Crippen LogP contribution in [0.3, 0.4) is 0 Å². The van der Waals surface area contributed by atoms with E-state index in [0.717, 1.165) is 5.17 Å². The monoisotopic (exact) mass is 192 g/mol. The summed E-state index contributed by atoms with van der Waals surface area (Å²) in [6, 6.07) is 0. The van der Waals surface area contributed by atoms with E-state index in [1.54, 1.807) is 0 Å². The fraction of sp³-hybridized carbons (Fsp3) is 0.833. The number of rotatable bonds is 0. The van der Waals surface area contributed by atoms with Gasteiger partial charge in [-0.1, -0.05) is 11.8 Å². The summed E-state index contributed by atoms with van der Waals surface area (Å²) in [6.07, 6.45) is 1.33. The number of aliphatic hydroxyl groups is 1. The second-order valence-corrected chi connectivity index (χ2v) is 5.08. The molecule has 0 saturated carbocycles. The molecule has 1 unspecified atom stereocenters. The molecule has 2 N–H and O–H groups in total. The molecular weight excluding hydrogens is 180 g/mol. The van der Waals surface area contributed by atoms with Gasteiger partial charge < -0.3 is 9.83 Å². The van der Waals surface area contributed by atoms with Crippen molar-refractivity contribution in [1.29, 1.82) is 0 Å². The van der Waals surface area contributed by atoms with E-state index < -0.39 is 6.23 Å². The molecule has 0 amide bonds. The van der Waals surface area contributed by atoms with Crippen LogP contribution in [0.1, 0.15) is 13.8 Å². The number of hydrogen-bond acceptors (Lipinski definition) is 5. The summed E-state index contributed by atoms with van der Waals surface area (Å²) in [5, 5.41) is 10.3. The van der Waals surface area contributed by atoms with E-state index in [0.29, 0.717) is 0 Å². The highest BCUT2D eigenvalue weighted by atomic mass is 32.2. The van der Waals surface area contributed by atoms with Crippen molar-refractivity contribution in [3.63, 3.8) is 0 Å². The van der Waals surface area contributed by atoms with Gasteiger partial charge in [0.15, 0.2) is 11.4 Å². The number of thioether (sulfide) groups is 1. The Morgan fingerprint density at radius 1 is 1.73 bits per heavy atom. The Hall–Kier alpha value is 0.130. The van der Waals surface area contributed by atoms with Crippen molar-refractivity contribution < 1.29 is 5.11 Å². The van der Waals surface area contributed by atoms with Crippen LogP contribution >= 0.6 is 23.7 Å². The third kappa shape index (κ3) is 2.04. The Kier molecular flexibility index (Phi) is 2.72. The minimum Gasteiger partial charge on any atom is -0.370 e. The number of nitrogens with one attached hydrogen (secondary N) is 1. The summed E-state index contributed by atoms with van der Waals surface area (Å²) >= 11 is 3.02. The molecule has 1 rings (SSSR count). The summed E-state index contributed by atoms with van der Waals surface area (Å²) in [5.74, 6) is 0. The van der Waals surface area contributed by atoms with E-state index in [1.807, 2.05) is 20.1 Å². The lowest BCUT2D eigenvalue weighted by Gasteiger charge is -2.31. The number of amidine groups is 1. The molecule has 0 aromatic rings. The standard InChI is InChI=1S/C6H12N2OS2/c1-6(2)4(9)7-5(10-3)8-11-6/h4,9H,1-3H3,(H,7,8). The average Bonchev–Trinajstić information content (AvgIpc) is 1.95. The van der Waals surface area contributed by atoms with Crippen LogP contribution in [-0.2, 0) is 0 Å². The van der Waals surface area contributed by atoms with Crippen LogP contribution in [0.2, 0.25) is 0 Å². The van der Waals surface area contributed by atoms with Crippen molar-refractivity contribution in [3.05, 3.63) is 0 Å².